The van der Waals surface area contributed by atoms with Crippen LogP contribution < -0.4 is 0 Å². The number of hydrogen-bond donors (Lipinski definition) is 0. The molecule has 35 valence electrons. The van der Waals surface area contributed by atoms with Gasteiger partial charge in [-0.15, -0.1) is 0 Å². The molecule has 0 aromatic carbocycles. The van der Waals surface area contributed by atoms with Crippen molar-refractivity contribution in [3.8, 4) is 0 Å². The van der Waals surface area contributed by atoms with Gasteiger partial charge in [-0.25, -0.2) is 0 Å². The molecule has 0 heterocycles. The standard InChI is InChI=1S/C6H7.Zr/c1-2-4-6-5-3-1;/h1-3H,4,6H2;. The molecular formula is C6H7Zr. The van der Waals surface area contributed by atoms with Crippen LogP contribution in [0.4, 0.5) is 0 Å². The predicted octanol–water partition coefficient (Wildman–Crippen LogP) is 1.77. The quantitative estimate of drug-likeness (QED) is 0.520. The van der Waals surface area contributed by atoms with Crippen LogP contribution in [0.2, 0.25) is 0 Å². The first-order chi connectivity index (χ1) is 3.39. The second-order valence-corrected chi connectivity index (χ2v) is 3.24. The van der Waals surface area contributed by atoms with Gasteiger partial charge < -0.3 is 0 Å². The third kappa shape index (κ3) is 1.73. The number of allylic oxidation sites excluding steroid dienone is 4. The van der Waals surface area contributed by atoms with Crippen LogP contribution in [0, 0.1) is 0 Å². The Morgan fingerprint density at radius 3 is 2.71 bits per heavy atom. The van der Waals surface area contributed by atoms with Gasteiger partial charge in [0.15, 0.2) is 0 Å². The van der Waals surface area contributed by atoms with Crippen LogP contribution in [-0.2, 0) is 24.7 Å². The van der Waals surface area contributed by atoms with E-state index in [4.69, 9.17) is 0 Å². The van der Waals surface area contributed by atoms with E-state index >= 15 is 0 Å². The molecule has 0 aromatic heterocycles. The van der Waals surface area contributed by atoms with E-state index in [0.29, 0.717) is 0 Å². The fourth-order valence-corrected chi connectivity index (χ4v) is 1.19. The summed E-state index contributed by atoms with van der Waals surface area (Å²) < 4.78 is 1.59. The zero-order valence-electron chi connectivity index (χ0n) is 4.15. The molecule has 0 saturated heterocycles. The summed E-state index contributed by atoms with van der Waals surface area (Å²) in [4.78, 5) is 0. The zero-order chi connectivity index (χ0) is 5.11. The molecule has 0 saturated carbocycles. The predicted molar refractivity (Wildman–Crippen MR) is 26.5 cm³/mol. The van der Waals surface area contributed by atoms with E-state index in [2.05, 4.69) is 18.2 Å². The minimum absolute atomic E-state index is 1.26. The van der Waals surface area contributed by atoms with Crippen LogP contribution in [0.1, 0.15) is 12.8 Å². The molecule has 1 heteroatoms. The summed E-state index contributed by atoms with van der Waals surface area (Å²) in [6, 6.07) is 0. The molecule has 0 radical (unpaired) electrons. The fourth-order valence-electron chi connectivity index (χ4n) is 0.603. The monoisotopic (exact) mass is 169 g/mol. The molecule has 0 spiro atoms. The molecule has 0 aromatic rings. The number of rotatable bonds is 0. The first-order valence-corrected chi connectivity index (χ1v) is 3.70. The molecule has 0 amide bonds. The van der Waals surface area contributed by atoms with Crippen molar-refractivity contribution in [1.29, 1.82) is 0 Å². The summed E-state index contributed by atoms with van der Waals surface area (Å²) in [5.74, 6) is 0. The topological polar surface area (TPSA) is 0 Å². The number of hydrogen-bond acceptors (Lipinski definition) is 0. The SMILES string of the molecule is [Zr][C]1=CC=CCC1. The fraction of sp³-hybridized carbons (Fsp3) is 0.333. The van der Waals surface area contributed by atoms with Crippen LogP contribution in [0.3, 0.4) is 0 Å². The average Bonchev–Trinajstić information content (AvgIpc) is 1.69. The summed E-state index contributed by atoms with van der Waals surface area (Å²) in [7, 11) is 0. The molecule has 1 aliphatic rings. The molecule has 0 bridgehead atoms. The Balaban J connectivity index is 2.57. The van der Waals surface area contributed by atoms with Gasteiger partial charge in [-0.3, -0.25) is 0 Å². The van der Waals surface area contributed by atoms with Gasteiger partial charge in [-0.2, -0.15) is 0 Å². The van der Waals surface area contributed by atoms with Gasteiger partial charge in [-0.05, 0) is 0 Å². The first-order valence-electron chi connectivity index (χ1n) is 2.47. The maximum atomic E-state index is 2.22. The van der Waals surface area contributed by atoms with E-state index in [-0.39, 0.29) is 0 Å². The van der Waals surface area contributed by atoms with Gasteiger partial charge in [-0.1, -0.05) is 0 Å². The van der Waals surface area contributed by atoms with Crippen LogP contribution >= 0.6 is 0 Å². The van der Waals surface area contributed by atoms with Gasteiger partial charge >= 0.3 is 59.1 Å². The third-order valence-electron chi connectivity index (χ3n) is 1.01. The van der Waals surface area contributed by atoms with Crippen LogP contribution in [0.25, 0.3) is 0 Å². The van der Waals surface area contributed by atoms with Crippen molar-refractivity contribution in [1.82, 2.24) is 0 Å². The Hall–Kier alpha value is 0.363. The van der Waals surface area contributed by atoms with Crippen molar-refractivity contribution in [2.45, 2.75) is 12.8 Å². The van der Waals surface area contributed by atoms with Crippen molar-refractivity contribution < 1.29 is 24.7 Å². The Kier molecular flexibility index (Phi) is 2.06. The molecule has 0 atom stereocenters. The van der Waals surface area contributed by atoms with Gasteiger partial charge in [0.25, 0.3) is 0 Å². The molecule has 0 fully saturated rings. The Bertz CT molecular complexity index is 111. The van der Waals surface area contributed by atoms with E-state index < -0.39 is 0 Å². The van der Waals surface area contributed by atoms with Crippen molar-refractivity contribution in [3.05, 3.63) is 21.5 Å². The van der Waals surface area contributed by atoms with Crippen molar-refractivity contribution in [2.24, 2.45) is 0 Å². The zero-order valence-corrected chi connectivity index (χ0v) is 6.60. The first kappa shape index (κ1) is 5.50. The van der Waals surface area contributed by atoms with E-state index in [1.165, 1.54) is 12.8 Å². The summed E-state index contributed by atoms with van der Waals surface area (Å²) >= 11 is 1.58. The van der Waals surface area contributed by atoms with E-state index in [9.17, 15) is 0 Å². The summed E-state index contributed by atoms with van der Waals surface area (Å²) in [5.41, 5.74) is 0. The van der Waals surface area contributed by atoms with E-state index in [1.807, 2.05) is 0 Å². The maximum absolute atomic E-state index is 2.22. The Morgan fingerprint density at radius 2 is 2.43 bits per heavy atom. The third-order valence-corrected chi connectivity index (χ3v) is 2.04. The molecule has 0 nitrogen and oxygen atoms in total. The molecule has 0 N–H and O–H groups in total. The molecule has 7 heavy (non-hydrogen) atoms. The molecule has 0 unspecified atom stereocenters. The van der Waals surface area contributed by atoms with Crippen LogP contribution in [-0.4, -0.2) is 0 Å². The van der Waals surface area contributed by atoms with Crippen molar-refractivity contribution in [3.63, 3.8) is 0 Å². The summed E-state index contributed by atoms with van der Waals surface area (Å²) in [6.45, 7) is 0. The summed E-state index contributed by atoms with van der Waals surface area (Å²) in [6.07, 6.45) is 9.13. The van der Waals surface area contributed by atoms with Crippen molar-refractivity contribution >= 4 is 0 Å². The minimum atomic E-state index is 1.26. The van der Waals surface area contributed by atoms with E-state index in [1.54, 1.807) is 28.0 Å². The van der Waals surface area contributed by atoms with Crippen molar-refractivity contribution in [2.75, 3.05) is 0 Å². The van der Waals surface area contributed by atoms with Crippen LogP contribution in [0.15, 0.2) is 21.5 Å². The van der Waals surface area contributed by atoms with Crippen LogP contribution in [0.5, 0.6) is 0 Å². The van der Waals surface area contributed by atoms with Gasteiger partial charge in [0.05, 0.1) is 0 Å². The van der Waals surface area contributed by atoms with Gasteiger partial charge in [0.2, 0.25) is 0 Å². The average molecular weight is 170 g/mol. The van der Waals surface area contributed by atoms with E-state index in [0.717, 1.165) is 0 Å². The van der Waals surface area contributed by atoms with Gasteiger partial charge in [0, 0.05) is 0 Å². The molecule has 1 aliphatic carbocycles. The Labute approximate surface area is 59.1 Å². The Morgan fingerprint density at radius 1 is 1.57 bits per heavy atom. The molecule has 1 rings (SSSR count). The normalized spacial score (nSPS) is 19.0. The van der Waals surface area contributed by atoms with Gasteiger partial charge in [0.1, 0.15) is 0 Å². The molecule has 0 aliphatic heterocycles. The second-order valence-electron chi connectivity index (χ2n) is 1.66. The molecular weight excluding hydrogens is 163 g/mol. The summed E-state index contributed by atoms with van der Waals surface area (Å²) in [5, 5.41) is 0. The second kappa shape index (κ2) is 2.62.